The average molecular weight is 372 g/mol. The van der Waals surface area contributed by atoms with Gasteiger partial charge in [0.2, 0.25) is 5.91 Å². The van der Waals surface area contributed by atoms with Gasteiger partial charge in [0.15, 0.2) is 0 Å². The molecule has 1 aromatic carbocycles. The Kier molecular flexibility index (Phi) is 5.93. The lowest BCUT2D eigenvalue weighted by atomic mass is 9.88. The molecule has 2 aromatic rings. The van der Waals surface area contributed by atoms with Gasteiger partial charge in [-0.15, -0.1) is 11.3 Å². The summed E-state index contributed by atoms with van der Waals surface area (Å²) in [5, 5.41) is 3.49. The number of para-hydroxylation sites is 1. The van der Waals surface area contributed by atoms with Crippen molar-refractivity contribution in [2.45, 2.75) is 39.0 Å². The number of carbonyl (C=O) groups is 2. The van der Waals surface area contributed by atoms with Gasteiger partial charge in [-0.1, -0.05) is 25.1 Å². The molecule has 2 amide bonds. The third kappa shape index (κ3) is 4.43. The summed E-state index contributed by atoms with van der Waals surface area (Å²) in [5.41, 5.74) is 7.11. The van der Waals surface area contributed by atoms with Crippen LogP contribution in [0.25, 0.3) is 0 Å². The first-order valence-electron chi connectivity index (χ1n) is 8.96. The largest absolute Gasteiger partial charge is 0.494 e. The lowest BCUT2D eigenvalue weighted by molar-refractivity contribution is -0.116. The number of benzene rings is 1. The van der Waals surface area contributed by atoms with E-state index in [0.717, 1.165) is 30.6 Å². The number of rotatable bonds is 7. The highest BCUT2D eigenvalue weighted by Gasteiger charge is 2.27. The molecule has 1 aliphatic rings. The molecule has 1 atom stereocenters. The second-order valence-corrected chi connectivity index (χ2v) is 7.84. The second-order valence-electron chi connectivity index (χ2n) is 6.73. The van der Waals surface area contributed by atoms with Gasteiger partial charge in [-0.05, 0) is 49.3 Å². The van der Waals surface area contributed by atoms with E-state index in [4.69, 9.17) is 10.5 Å². The Balaban J connectivity index is 1.56. The zero-order chi connectivity index (χ0) is 18.5. The zero-order valence-electron chi connectivity index (χ0n) is 14.9. The van der Waals surface area contributed by atoms with Crippen molar-refractivity contribution >= 4 is 28.2 Å². The number of primary amides is 1. The maximum atomic E-state index is 12.3. The summed E-state index contributed by atoms with van der Waals surface area (Å²) in [4.78, 5) is 25.3. The molecule has 0 aliphatic heterocycles. The second kappa shape index (κ2) is 8.36. The van der Waals surface area contributed by atoms with Crippen LogP contribution in [0.3, 0.4) is 0 Å². The van der Waals surface area contributed by atoms with Gasteiger partial charge in [-0.25, -0.2) is 0 Å². The number of nitrogens with two attached hydrogens (primary N) is 1. The van der Waals surface area contributed by atoms with E-state index < -0.39 is 5.91 Å². The van der Waals surface area contributed by atoms with Gasteiger partial charge in [-0.3, -0.25) is 9.59 Å². The Morgan fingerprint density at radius 1 is 1.31 bits per heavy atom. The van der Waals surface area contributed by atoms with Crippen molar-refractivity contribution in [3.63, 3.8) is 0 Å². The average Bonchev–Trinajstić information content (AvgIpc) is 2.96. The van der Waals surface area contributed by atoms with Gasteiger partial charge < -0.3 is 15.8 Å². The van der Waals surface area contributed by atoms with Crippen molar-refractivity contribution < 1.29 is 14.3 Å². The minimum Gasteiger partial charge on any atom is -0.494 e. The van der Waals surface area contributed by atoms with Gasteiger partial charge in [-0.2, -0.15) is 0 Å². The fourth-order valence-electron chi connectivity index (χ4n) is 3.23. The van der Waals surface area contributed by atoms with E-state index in [9.17, 15) is 9.59 Å². The molecule has 0 fully saturated rings. The Bertz CT molecular complexity index is 786. The van der Waals surface area contributed by atoms with E-state index in [-0.39, 0.29) is 5.91 Å². The topological polar surface area (TPSA) is 81.4 Å². The van der Waals surface area contributed by atoms with Gasteiger partial charge in [0.1, 0.15) is 10.8 Å². The number of ether oxygens (including phenoxy) is 1. The monoisotopic (exact) mass is 372 g/mol. The van der Waals surface area contributed by atoms with Crippen LogP contribution in [0.2, 0.25) is 0 Å². The fourth-order valence-corrected chi connectivity index (χ4v) is 4.66. The maximum absolute atomic E-state index is 12.3. The first-order valence-corrected chi connectivity index (χ1v) is 9.78. The summed E-state index contributed by atoms with van der Waals surface area (Å²) in [5.74, 6) is 0.820. The van der Waals surface area contributed by atoms with E-state index >= 15 is 0 Å². The Hall–Kier alpha value is -2.34. The number of anilines is 1. The van der Waals surface area contributed by atoms with E-state index in [1.807, 2.05) is 30.3 Å². The van der Waals surface area contributed by atoms with Crippen molar-refractivity contribution in [1.29, 1.82) is 0 Å². The summed E-state index contributed by atoms with van der Waals surface area (Å²) in [6.45, 7) is 2.68. The standard InChI is InChI=1S/C20H24N2O3S/c1-13-9-10-15-16(12-13)26-20(18(15)19(21)24)22-17(23)8-5-11-25-14-6-3-2-4-7-14/h2-4,6-7,13H,5,8-12H2,1H3,(H2,21,24)(H,22,23). The van der Waals surface area contributed by atoms with Crippen molar-refractivity contribution in [2.75, 3.05) is 11.9 Å². The molecule has 26 heavy (non-hydrogen) atoms. The van der Waals surface area contributed by atoms with Crippen LogP contribution in [-0.4, -0.2) is 18.4 Å². The highest BCUT2D eigenvalue weighted by molar-refractivity contribution is 7.17. The minimum atomic E-state index is -0.459. The molecule has 1 heterocycles. The van der Waals surface area contributed by atoms with Crippen molar-refractivity contribution in [3.05, 3.63) is 46.3 Å². The third-order valence-corrected chi connectivity index (χ3v) is 5.74. The van der Waals surface area contributed by atoms with E-state index in [2.05, 4.69) is 12.2 Å². The predicted molar refractivity (Wildman–Crippen MR) is 104 cm³/mol. The fraction of sp³-hybridized carbons (Fsp3) is 0.400. The molecule has 0 saturated carbocycles. The molecule has 138 valence electrons. The minimum absolute atomic E-state index is 0.115. The van der Waals surface area contributed by atoms with Gasteiger partial charge in [0.05, 0.1) is 12.2 Å². The first-order chi connectivity index (χ1) is 12.5. The number of thiophene rings is 1. The number of fused-ring (bicyclic) bond motifs is 1. The maximum Gasteiger partial charge on any atom is 0.251 e. The number of hydrogen-bond donors (Lipinski definition) is 2. The predicted octanol–water partition coefficient (Wildman–Crippen LogP) is 3.77. The van der Waals surface area contributed by atoms with Crippen LogP contribution in [0.1, 0.15) is 47.0 Å². The highest BCUT2D eigenvalue weighted by atomic mass is 32.1. The summed E-state index contributed by atoms with van der Waals surface area (Å²) in [7, 11) is 0. The van der Waals surface area contributed by atoms with E-state index in [1.165, 1.54) is 16.2 Å². The highest BCUT2D eigenvalue weighted by Crippen LogP contribution is 2.39. The number of nitrogens with one attached hydrogen (secondary N) is 1. The van der Waals surface area contributed by atoms with Crippen LogP contribution < -0.4 is 15.8 Å². The van der Waals surface area contributed by atoms with Crippen LogP contribution in [0.5, 0.6) is 5.75 Å². The number of hydrogen-bond acceptors (Lipinski definition) is 4. The summed E-state index contributed by atoms with van der Waals surface area (Å²) in [6.07, 6.45) is 3.79. The van der Waals surface area contributed by atoms with Crippen LogP contribution in [-0.2, 0) is 17.6 Å². The molecule has 1 aliphatic carbocycles. The summed E-state index contributed by atoms with van der Waals surface area (Å²) in [6, 6.07) is 9.52. The van der Waals surface area contributed by atoms with Crippen molar-refractivity contribution in [1.82, 2.24) is 0 Å². The lowest BCUT2D eigenvalue weighted by Crippen LogP contribution is -2.19. The van der Waals surface area contributed by atoms with Gasteiger partial charge >= 0.3 is 0 Å². The quantitative estimate of drug-likeness (QED) is 0.726. The van der Waals surface area contributed by atoms with Gasteiger partial charge in [0, 0.05) is 11.3 Å². The molecule has 0 saturated heterocycles. The normalized spacial score (nSPS) is 16.0. The van der Waals surface area contributed by atoms with Crippen LogP contribution >= 0.6 is 11.3 Å². The molecule has 3 rings (SSSR count). The molecular formula is C20H24N2O3S. The Labute approximate surface area is 157 Å². The first kappa shape index (κ1) is 18.5. The molecule has 0 bridgehead atoms. The zero-order valence-corrected chi connectivity index (χ0v) is 15.7. The SMILES string of the molecule is CC1CCc2c(sc(NC(=O)CCCOc3ccccc3)c2C(N)=O)C1. The van der Waals surface area contributed by atoms with Crippen molar-refractivity contribution in [3.8, 4) is 5.75 Å². The number of amides is 2. The molecule has 0 radical (unpaired) electrons. The van der Waals surface area contributed by atoms with Crippen LogP contribution in [0.4, 0.5) is 5.00 Å². The summed E-state index contributed by atoms with van der Waals surface area (Å²) >= 11 is 1.49. The molecule has 3 N–H and O–H groups in total. The van der Waals surface area contributed by atoms with Crippen LogP contribution in [0.15, 0.2) is 30.3 Å². The number of carbonyl (C=O) groups excluding carboxylic acids is 2. The lowest BCUT2D eigenvalue weighted by Gasteiger charge is -2.18. The Morgan fingerprint density at radius 3 is 2.81 bits per heavy atom. The van der Waals surface area contributed by atoms with Crippen molar-refractivity contribution in [2.24, 2.45) is 11.7 Å². The van der Waals surface area contributed by atoms with E-state index in [0.29, 0.717) is 35.9 Å². The molecular weight excluding hydrogens is 348 g/mol. The molecule has 1 unspecified atom stereocenters. The van der Waals surface area contributed by atoms with Crippen LogP contribution in [0, 0.1) is 5.92 Å². The smallest absolute Gasteiger partial charge is 0.251 e. The molecule has 6 heteroatoms. The summed E-state index contributed by atoms with van der Waals surface area (Å²) < 4.78 is 5.60. The third-order valence-electron chi connectivity index (χ3n) is 4.57. The Morgan fingerprint density at radius 2 is 2.08 bits per heavy atom. The molecule has 5 nitrogen and oxygen atoms in total. The van der Waals surface area contributed by atoms with Gasteiger partial charge in [0.25, 0.3) is 5.91 Å². The van der Waals surface area contributed by atoms with E-state index in [1.54, 1.807) is 0 Å². The molecule has 1 aromatic heterocycles. The molecule has 0 spiro atoms.